The van der Waals surface area contributed by atoms with Crippen LogP contribution in [-0.2, 0) is 6.42 Å². The first-order valence-corrected chi connectivity index (χ1v) is 7.42. The summed E-state index contributed by atoms with van der Waals surface area (Å²) in [6, 6.07) is 4.95. The molecule has 1 aliphatic carbocycles. The second-order valence-corrected chi connectivity index (χ2v) is 7.04. The van der Waals surface area contributed by atoms with Gasteiger partial charge in [0.15, 0.2) is 0 Å². The van der Waals surface area contributed by atoms with Gasteiger partial charge in [-0.15, -0.1) is 0 Å². The lowest BCUT2D eigenvalue weighted by molar-refractivity contribution is 0.158. The highest BCUT2D eigenvalue weighted by Crippen LogP contribution is 2.38. The van der Waals surface area contributed by atoms with Crippen LogP contribution in [-0.4, -0.2) is 12.1 Å². The molecular weight excluding hydrogens is 261 g/mol. The molecule has 0 heterocycles. The molecule has 3 heteroatoms. The van der Waals surface area contributed by atoms with E-state index in [2.05, 4.69) is 26.1 Å². The van der Waals surface area contributed by atoms with Gasteiger partial charge >= 0.3 is 0 Å². The molecule has 1 fully saturated rings. The molecule has 1 aromatic rings. The Morgan fingerprint density at radius 3 is 2.47 bits per heavy atom. The van der Waals surface area contributed by atoms with Gasteiger partial charge < -0.3 is 5.32 Å². The second-order valence-electron chi connectivity index (χ2n) is 6.63. The Balaban J connectivity index is 1.93. The van der Waals surface area contributed by atoms with E-state index < -0.39 is 0 Å². The maximum absolute atomic E-state index is 13.8. The van der Waals surface area contributed by atoms with Crippen LogP contribution in [0.15, 0.2) is 18.2 Å². The number of hydrogen-bond donors (Lipinski definition) is 1. The van der Waals surface area contributed by atoms with E-state index >= 15 is 0 Å². The molecule has 2 unspecified atom stereocenters. The van der Waals surface area contributed by atoms with Gasteiger partial charge in [0.2, 0.25) is 0 Å². The number of benzene rings is 1. The van der Waals surface area contributed by atoms with Gasteiger partial charge in [-0.1, -0.05) is 17.7 Å². The first-order valence-electron chi connectivity index (χ1n) is 7.05. The smallest absolute Gasteiger partial charge is 0.127 e. The summed E-state index contributed by atoms with van der Waals surface area (Å²) in [4.78, 5) is 0. The van der Waals surface area contributed by atoms with Crippen molar-refractivity contribution in [1.29, 1.82) is 0 Å². The number of hydrogen-bond acceptors (Lipinski definition) is 1. The molecule has 0 aliphatic heterocycles. The Kier molecular flexibility index (Phi) is 4.52. The van der Waals surface area contributed by atoms with Crippen molar-refractivity contribution >= 4 is 11.6 Å². The Labute approximate surface area is 120 Å². The Morgan fingerprint density at radius 1 is 1.26 bits per heavy atom. The van der Waals surface area contributed by atoms with Crippen molar-refractivity contribution in [1.82, 2.24) is 5.32 Å². The summed E-state index contributed by atoms with van der Waals surface area (Å²) in [7, 11) is 0. The lowest BCUT2D eigenvalue weighted by atomic mass is 9.70. The third-order valence-electron chi connectivity index (χ3n) is 4.00. The maximum Gasteiger partial charge on any atom is 0.127 e. The highest BCUT2D eigenvalue weighted by atomic mass is 35.5. The fraction of sp³-hybridized carbons (Fsp3) is 0.625. The monoisotopic (exact) mass is 283 g/mol. The normalized spacial score (nSPS) is 23.2. The molecule has 0 amide bonds. The highest BCUT2D eigenvalue weighted by Gasteiger charge is 2.32. The summed E-state index contributed by atoms with van der Waals surface area (Å²) in [5.41, 5.74) is 0.838. The zero-order valence-electron chi connectivity index (χ0n) is 12.0. The van der Waals surface area contributed by atoms with Gasteiger partial charge in [-0.05, 0) is 70.5 Å². The zero-order valence-corrected chi connectivity index (χ0v) is 12.7. The van der Waals surface area contributed by atoms with Crippen molar-refractivity contribution in [3.05, 3.63) is 34.6 Å². The molecule has 19 heavy (non-hydrogen) atoms. The summed E-state index contributed by atoms with van der Waals surface area (Å²) in [5, 5.41) is 4.11. The molecule has 0 saturated heterocycles. The third-order valence-corrected chi connectivity index (χ3v) is 4.35. The van der Waals surface area contributed by atoms with E-state index in [0.717, 1.165) is 13.0 Å². The van der Waals surface area contributed by atoms with Crippen molar-refractivity contribution in [2.45, 2.75) is 45.6 Å². The molecule has 0 aromatic heterocycles. The predicted molar refractivity (Wildman–Crippen MR) is 79.1 cm³/mol. The van der Waals surface area contributed by atoms with Crippen LogP contribution in [0.2, 0.25) is 5.02 Å². The molecule has 2 atom stereocenters. The largest absolute Gasteiger partial charge is 0.312 e. The molecule has 1 aliphatic rings. The number of halogens is 2. The quantitative estimate of drug-likeness (QED) is 0.862. The highest BCUT2D eigenvalue weighted by molar-refractivity contribution is 6.31. The fourth-order valence-electron chi connectivity index (χ4n) is 2.60. The van der Waals surface area contributed by atoms with Crippen molar-refractivity contribution in [2.75, 3.05) is 6.54 Å². The molecule has 0 spiro atoms. The average Bonchev–Trinajstić information content (AvgIpc) is 2.25. The molecule has 2 rings (SSSR count). The topological polar surface area (TPSA) is 12.0 Å². The Bertz CT molecular complexity index is 419. The summed E-state index contributed by atoms with van der Waals surface area (Å²) < 4.78 is 13.8. The van der Waals surface area contributed by atoms with Crippen molar-refractivity contribution < 1.29 is 4.39 Å². The Morgan fingerprint density at radius 2 is 1.95 bits per heavy atom. The molecule has 1 nitrogen and oxygen atoms in total. The van der Waals surface area contributed by atoms with Crippen molar-refractivity contribution in [2.24, 2.45) is 11.8 Å². The maximum atomic E-state index is 13.8. The first-order chi connectivity index (χ1) is 8.87. The minimum Gasteiger partial charge on any atom is -0.312 e. The molecule has 1 saturated carbocycles. The van der Waals surface area contributed by atoms with Crippen molar-refractivity contribution in [3.8, 4) is 0 Å². The summed E-state index contributed by atoms with van der Waals surface area (Å²) in [5.74, 6) is 1.04. The summed E-state index contributed by atoms with van der Waals surface area (Å²) in [6.45, 7) is 7.54. The molecule has 0 radical (unpaired) electrons. The SMILES string of the molecule is CC(C)(C)NCC1CCC1Cc1c(F)cccc1Cl. The molecule has 106 valence electrons. The minimum atomic E-state index is -0.165. The molecule has 1 aromatic carbocycles. The van der Waals surface area contributed by atoms with E-state index in [9.17, 15) is 4.39 Å². The van der Waals surface area contributed by atoms with Crippen LogP contribution in [0.4, 0.5) is 4.39 Å². The average molecular weight is 284 g/mol. The standard InChI is InChI=1S/C16H23ClFN/c1-16(2,3)19-10-12-8-7-11(12)9-13-14(17)5-4-6-15(13)18/h4-6,11-12,19H,7-10H2,1-3H3. The minimum absolute atomic E-state index is 0.149. The summed E-state index contributed by atoms with van der Waals surface area (Å²) in [6.07, 6.45) is 3.18. The number of nitrogens with one attached hydrogen (secondary N) is 1. The van der Waals surface area contributed by atoms with Gasteiger partial charge in [-0.3, -0.25) is 0 Å². The van der Waals surface area contributed by atoms with Gasteiger partial charge in [0.1, 0.15) is 5.82 Å². The first kappa shape index (κ1) is 14.8. The fourth-order valence-corrected chi connectivity index (χ4v) is 2.84. The Hall–Kier alpha value is -0.600. The molecule has 1 N–H and O–H groups in total. The van der Waals surface area contributed by atoms with E-state index in [-0.39, 0.29) is 11.4 Å². The molecular formula is C16H23ClFN. The van der Waals surface area contributed by atoms with Gasteiger partial charge in [-0.25, -0.2) is 4.39 Å². The van der Waals surface area contributed by atoms with Crippen LogP contribution in [0.3, 0.4) is 0 Å². The molecule has 0 bridgehead atoms. The van der Waals surface area contributed by atoms with E-state index in [1.54, 1.807) is 12.1 Å². The second kappa shape index (κ2) is 5.80. The predicted octanol–water partition coefficient (Wildman–Crippen LogP) is 4.44. The van der Waals surface area contributed by atoms with E-state index in [4.69, 9.17) is 11.6 Å². The lowest BCUT2D eigenvalue weighted by Crippen LogP contribution is -2.44. The van der Waals surface area contributed by atoms with E-state index in [0.29, 0.717) is 22.4 Å². The van der Waals surface area contributed by atoms with Crippen LogP contribution in [0.5, 0.6) is 0 Å². The van der Waals surface area contributed by atoms with E-state index in [1.165, 1.54) is 18.9 Å². The van der Waals surface area contributed by atoms with Crippen LogP contribution in [0, 0.1) is 17.7 Å². The van der Waals surface area contributed by atoms with E-state index in [1.807, 2.05) is 0 Å². The van der Waals surface area contributed by atoms with Gasteiger partial charge in [0.25, 0.3) is 0 Å². The van der Waals surface area contributed by atoms with Gasteiger partial charge in [0.05, 0.1) is 0 Å². The van der Waals surface area contributed by atoms with Crippen LogP contribution >= 0.6 is 11.6 Å². The van der Waals surface area contributed by atoms with Crippen LogP contribution in [0.1, 0.15) is 39.2 Å². The van der Waals surface area contributed by atoms with Crippen molar-refractivity contribution in [3.63, 3.8) is 0 Å². The van der Waals surface area contributed by atoms with Crippen LogP contribution in [0.25, 0.3) is 0 Å². The third kappa shape index (κ3) is 3.93. The zero-order chi connectivity index (χ0) is 14.0. The summed E-state index contributed by atoms with van der Waals surface area (Å²) >= 11 is 6.10. The van der Waals surface area contributed by atoms with Crippen LogP contribution < -0.4 is 5.32 Å². The number of rotatable bonds is 4. The van der Waals surface area contributed by atoms with Gasteiger partial charge in [0, 0.05) is 16.1 Å². The lowest BCUT2D eigenvalue weighted by Gasteiger charge is -2.39. The van der Waals surface area contributed by atoms with Gasteiger partial charge in [-0.2, -0.15) is 0 Å².